The fourth-order valence-electron chi connectivity index (χ4n) is 5.17. The normalized spacial score (nSPS) is 22.2. The molecule has 6 rings (SSSR count). The molecule has 0 unspecified atom stereocenters. The number of likely N-dealkylation sites (tertiary alicyclic amines) is 1. The fraction of sp³-hybridized carbons (Fsp3) is 0.296. The molecule has 3 heterocycles. The van der Waals surface area contributed by atoms with Crippen molar-refractivity contribution in [2.24, 2.45) is 0 Å². The number of amides is 1. The van der Waals surface area contributed by atoms with Crippen molar-refractivity contribution in [1.29, 1.82) is 0 Å². The Hall–Kier alpha value is -3.67. The number of hydrogen-bond acceptors (Lipinski definition) is 5. The van der Waals surface area contributed by atoms with Crippen LogP contribution in [0.4, 0.5) is 0 Å². The summed E-state index contributed by atoms with van der Waals surface area (Å²) in [5, 5.41) is 0. The number of nitrogens with zero attached hydrogens (tertiary/aromatic N) is 2. The quantitative estimate of drug-likeness (QED) is 0.561. The lowest BCUT2D eigenvalue weighted by molar-refractivity contribution is -0.134. The number of aromatic nitrogens is 1. The van der Waals surface area contributed by atoms with Crippen LogP contribution in [0.3, 0.4) is 0 Å². The summed E-state index contributed by atoms with van der Waals surface area (Å²) in [5.41, 5.74) is 2.44. The molecule has 166 valence electrons. The molecule has 6 heteroatoms. The maximum atomic E-state index is 13.6. The van der Waals surface area contributed by atoms with Gasteiger partial charge in [-0.15, -0.1) is 0 Å². The monoisotopic (exact) mass is 440 g/mol. The minimum Gasteiger partial charge on any atom is -0.473 e. The molecule has 1 atom stereocenters. The van der Waals surface area contributed by atoms with Crippen molar-refractivity contribution < 1.29 is 19.1 Å². The van der Waals surface area contributed by atoms with Crippen molar-refractivity contribution in [1.82, 2.24) is 9.88 Å². The lowest BCUT2D eigenvalue weighted by Gasteiger charge is -2.27. The van der Waals surface area contributed by atoms with E-state index in [1.807, 2.05) is 65.6 Å². The maximum absolute atomic E-state index is 13.6. The second-order valence-electron chi connectivity index (χ2n) is 9.14. The van der Waals surface area contributed by atoms with Crippen molar-refractivity contribution in [3.8, 4) is 5.88 Å². The fourth-order valence-corrected chi connectivity index (χ4v) is 5.17. The van der Waals surface area contributed by atoms with Crippen molar-refractivity contribution in [2.75, 3.05) is 13.1 Å². The molecule has 1 spiro atoms. The van der Waals surface area contributed by atoms with Gasteiger partial charge >= 0.3 is 5.97 Å². The van der Waals surface area contributed by atoms with E-state index < -0.39 is 11.0 Å². The zero-order chi connectivity index (χ0) is 22.5. The third-order valence-electron chi connectivity index (χ3n) is 7.14. The topological polar surface area (TPSA) is 68.7 Å². The first-order chi connectivity index (χ1) is 16.1. The Morgan fingerprint density at radius 3 is 2.55 bits per heavy atom. The van der Waals surface area contributed by atoms with E-state index in [2.05, 4.69) is 4.98 Å². The predicted octanol–water partition coefficient (Wildman–Crippen LogP) is 3.99. The second-order valence-corrected chi connectivity index (χ2v) is 9.14. The Morgan fingerprint density at radius 1 is 1.00 bits per heavy atom. The molecular weight excluding hydrogens is 416 g/mol. The van der Waals surface area contributed by atoms with E-state index in [4.69, 9.17) is 9.47 Å². The first-order valence-electron chi connectivity index (χ1n) is 11.4. The van der Waals surface area contributed by atoms with Crippen LogP contribution >= 0.6 is 0 Å². The van der Waals surface area contributed by atoms with Gasteiger partial charge in [0.05, 0.1) is 17.5 Å². The molecule has 2 aliphatic heterocycles. The van der Waals surface area contributed by atoms with Crippen molar-refractivity contribution in [3.05, 3.63) is 95.2 Å². The highest BCUT2D eigenvalue weighted by atomic mass is 16.6. The molecule has 1 saturated heterocycles. The number of hydrogen-bond donors (Lipinski definition) is 0. The Kier molecular flexibility index (Phi) is 4.50. The van der Waals surface area contributed by atoms with Crippen molar-refractivity contribution >= 4 is 11.9 Å². The van der Waals surface area contributed by atoms with E-state index in [-0.39, 0.29) is 11.9 Å². The number of rotatable bonds is 5. The molecule has 33 heavy (non-hydrogen) atoms. The number of pyridine rings is 1. The zero-order valence-electron chi connectivity index (χ0n) is 18.2. The van der Waals surface area contributed by atoms with Crippen LogP contribution in [0, 0.1) is 0 Å². The zero-order valence-corrected chi connectivity index (χ0v) is 18.2. The third kappa shape index (κ3) is 3.28. The standard InChI is InChI=1S/C27H24N2O4/c30-24-21-5-1-2-6-22(21)27(33-24)14-16-29(18-27)25(31)26(12-13-26)20-10-8-19(9-11-20)17-32-23-7-3-4-15-28-23/h1-11,15H,12-14,16-18H2/t27-/m0/s1. The number of carbonyl (C=O) groups is 2. The molecule has 1 aromatic heterocycles. The first-order valence-corrected chi connectivity index (χ1v) is 11.4. The molecule has 2 fully saturated rings. The van der Waals surface area contributed by atoms with Crippen molar-refractivity contribution in [3.63, 3.8) is 0 Å². The maximum Gasteiger partial charge on any atom is 0.339 e. The summed E-state index contributed by atoms with van der Waals surface area (Å²) in [6.45, 7) is 1.45. The first kappa shape index (κ1) is 20.0. The summed E-state index contributed by atoms with van der Waals surface area (Å²) in [6.07, 6.45) is 4.03. The largest absolute Gasteiger partial charge is 0.473 e. The smallest absolute Gasteiger partial charge is 0.339 e. The molecule has 1 saturated carbocycles. The number of fused-ring (bicyclic) bond motifs is 2. The van der Waals surface area contributed by atoms with Crippen LogP contribution in [0.15, 0.2) is 72.9 Å². The summed E-state index contributed by atoms with van der Waals surface area (Å²) in [5.74, 6) is 0.439. The third-order valence-corrected chi connectivity index (χ3v) is 7.14. The molecule has 0 bridgehead atoms. The highest BCUT2D eigenvalue weighted by molar-refractivity contribution is 5.96. The van der Waals surface area contributed by atoms with E-state index in [0.717, 1.165) is 29.5 Å². The Bertz CT molecular complexity index is 1220. The molecular formula is C27H24N2O4. The second kappa shape index (κ2) is 7.44. The minimum absolute atomic E-state index is 0.136. The molecule has 3 aromatic rings. The van der Waals surface area contributed by atoms with Crippen LogP contribution in [-0.4, -0.2) is 34.8 Å². The van der Waals surface area contributed by atoms with Gasteiger partial charge in [-0.25, -0.2) is 9.78 Å². The van der Waals surface area contributed by atoms with E-state index in [0.29, 0.717) is 37.6 Å². The van der Waals surface area contributed by atoms with Gasteiger partial charge in [-0.2, -0.15) is 0 Å². The van der Waals surface area contributed by atoms with Crippen LogP contribution in [0.5, 0.6) is 5.88 Å². The van der Waals surface area contributed by atoms with E-state index in [1.165, 1.54) is 0 Å². The van der Waals surface area contributed by atoms with Crippen molar-refractivity contribution in [2.45, 2.75) is 36.9 Å². The van der Waals surface area contributed by atoms with Gasteiger partial charge in [-0.3, -0.25) is 4.79 Å². The van der Waals surface area contributed by atoms with E-state index in [9.17, 15) is 9.59 Å². The summed E-state index contributed by atoms with van der Waals surface area (Å²) < 4.78 is 11.6. The molecule has 2 aromatic carbocycles. The summed E-state index contributed by atoms with van der Waals surface area (Å²) >= 11 is 0. The van der Waals surface area contributed by atoms with Crippen LogP contribution in [0.2, 0.25) is 0 Å². The van der Waals surface area contributed by atoms with Crippen LogP contribution in [0.25, 0.3) is 0 Å². The SMILES string of the molecule is O=C1O[C@]2(CCN(C(=O)C3(c4ccc(COc5ccccn5)cc4)CC3)C2)c2ccccc21. The lowest BCUT2D eigenvalue weighted by Crippen LogP contribution is -2.40. The summed E-state index contributed by atoms with van der Waals surface area (Å²) in [7, 11) is 0. The Morgan fingerprint density at radius 2 is 1.79 bits per heavy atom. The number of esters is 1. The van der Waals surface area contributed by atoms with E-state index in [1.54, 1.807) is 12.3 Å². The van der Waals surface area contributed by atoms with Crippen LogP contribution < -0.4 is 4.74 Å². The average Bonchev–Trinajstić information content (AvgIpc) is 3.49. The molecule has 6 nitrogen and oxygen atoms in total. The Labute approximate surface area is 192 Å². The Balaban J connectivity index is 1.16. The molecule has 0 N–H and O–H groups in total. The molecule has 3 aliphatic rings. The van der Waals surface area contributed by atoms with Gasteiger partial charge in [0.2, 0.25) is 11.8 Å². The number of ether oxygens (including phenoxy) is 2. The van der Waals surface area contributed by atoms with Crippen LogP contribution in [-0.2, 0) is 27.2 Å². The molecule has 1 amide bonds. The predicted molar refractivity (Wildman–Crippen MR) is 121 cm³/mol. The number of benzene rings is 2. The van der Waals surface area contributed by atoms with Gasteiger partial charge in [-0.05, 0) is 36.1 Å². The molecule has 1 aliphatic carbocycles. The van der Waals surface area contributed by atoms with Gasteiger partial charge in [0.15, 0.2) is 5.60 Å². The van der Waals surface area contributed by atoms with Gasteiger partial charge < -0.3 is 14.4 Å². The van der Waals surface area contributed by atoms with E-state index >= 15 is 0 Å². The highest BCUT2D eigenvalue weighted by Crippen LogP contribution is 2.52. The summed E-state index contributed by atoms with van der Waals surface area (Å²) in [6, 6.07) is 21.2. The van der Waals surface area contributed by atoms with Crippen LogP contribution in [0.1, 0.15) is 46.3 Å². The summed E-state index contributed by atoms with van der Waals surface area (Å²) in [4.78, 5) is 32.0. The number of carbonyl (C=O) groups excluding carboxylic acids is 2. The van der Waals surface area contributed by atoms with Gasteiger partial charge in [0, 0.05) is 30.8 Å². The molecule has 0 radical (unpaired) electrons. The van der Waals surface area contributed by atoms with Gasteiger partial charge in [0.25, 0.3) is 0 Å². The lowest BCUT2D eigenvalue weighted by atomic mass is 9.91. The van der Waals surface area contributed by atoms with Gasteiger partial charge in [-0.1, -0.05) is 48.5 Å². The minimum atomic E-state index is -0.702. The highest BCUT2D eigenvalue weighted by Gasteiger charge is 2.57. The van der Waals surface area contributed by atoms with Gasteiger partial charge in [0.1, 0.15) is 6.61 Å². The average molecular weight is 440 g/mol.